The number of halogens is 3. The Balaban J connectivity index is 2.61. The summed E-state index contributed by atoms with van der Waals surface area (Å²) in [4.78, 5) is 0. The predicted octanol–water partition coefficient (Wildman–Crippen LogP) is 3.03. The molecule has 0 radical (unpaired) electrons. The summed E-state index contributed by atoms with van der Waals surface area (Å²) in [5.41, 5.74) is -1.01. The molecule has 0 N–H and O–H groups in total. The summed E-state index contributed by atoms with van der Waals surface area (Å²) in [6.45, 7) is 3.47. The van der Waals surface area contributed by atoms with Crippen LogP contribution in [0.1, 0.15) is 26.7 Å². The van der Waals surface area contributed by atoms with Crippen molar-refractivity contribution in [3.63, 3.8) is 0 Å². The lowest BCUT2D eigenvalue weighted by Crippen LogP contribution is -2.48. The van der Waals surface area contributed by atoms with E-state index in [1.165, 1.54) is 0 Å². The SMILES string of the molecule is CC(C)C1(C(F)F)CC(F)C1. The van der Waals surface area contributed by atoms with Gasteiger partial charge in [-0.15, -0.1) is 0 Å². The molecule has 3 heteroatoms. The number of hydrogen-bond donors (Lipinski definition) is 0. The number of rotatable bonds is 2. The van der Waals surface area contributed by atoms with E-state index in [2.05, 4.69) is 0 Å². The van der Waals surface area contributed by atoms with Gasteiger partial charge in [0, 0.05) is 5.41 Å². The molecule has 0 aliphatic heterocycles. The highest BCUT2D eigenvalue weighted by molar-refractivity contribution is 4.97. The van der Waals surface area contributed by atoms with Crippen LogP contribution in [-0.2, 0) is 0 Å². The first-order valence-corrected chi connectivity index (χ1v) is 3.91. The van der Waals surface area contributed by atoms with Crippen molar-refractivity contribution in [2.75, 3.05) is 0 Å². The van der Waals surface area contributed by atoms with Gasteiger partial charge in [-0.25, -0.2) is 13.2 Å². The second-order valence-corrected chi connectivity index (χ2v) is 3.69. The Hall–Kier alpha value is -0.210. The Kier molecular flexibility index (Phi) is 2.17. The second kappa shape index (κ2) is 2.68. The summed E-state index contributed by atoms with van der Waals surface area (Å²) < 4.78 is 37.2. The maximum absolute atomic E-state index is 12.4. The van der Waals surface area contributed by atoms with Gasteiger partial charge >= 0.3 is 0 Å². The molecule has 0 atom stereocenters. The lowest BCUT2D eigenvalue weighted by molar-refractivity contribution is -0.129. The average Bonchev–Trinajstić information content (AvgIpc) is 1.78. The van der Waals surface area contributed by atoms with E-state index in [-0.39, 0.29) is 18.8 Å². The van der Waals surface area contributed by atoms with Crippen molar-refractivity contribution < 1.29 is 13.2 Å². The van der Waals surface area contributed by atoms with Gasteiger partial charge in [-0.2, -0.15) is 0 Å². The van der Waals surface area contributed by atoms with Gasteiger partial charge in [0.15, 0.2) is 0 Å². The zero-order valence-electron chi connectivity index (χ0n) is 6.78. The minimum absolute atomic E-state index is 0.0440. The van der Waals surface area contributed by atoms with Crippen LogP contribution < -0.4 is 0 Å². The normalized spacial score (nSPS) is 37.9. The van der Waals surface area contributed by atoms with Crippen LogP contribution in [0.15, 0.2) is 0 Å². The molecule has 1 rings (SSSR count). The molecule has 0 unspecified atom stereocenters. The summed E-state index contributed by atoms with van der Waals surface area (Å²) in [5, 5.41) is 0. The first kappa shape index (κ1) is 8.88. The molecular weight excluding hydrogens is 153 g/mol. The molecule has 1 aliphatic carbocycles. The van der Waals surface area contributed by atoms with Gasteiger partial charge in [0.2, 0.25) is 6.43 Å². The minimum Gasteiger partial charge on any atom is -0.247 e. The highest BCUT2D eigenvalue weighted by atomic mass is 19.3. The smallest absolute Gasteiger partial charge is 0.244 e. The maximum atomic E-state index is 12.4. The molecule has 1 saturated carbocycles. The fraction of sp³-hybridized carbons (Fsp3) is 1.00. The predicted molar refractivity (Wildman–Crippen MR) is 37.4 cm³/mol. The van der Waals surface area contributed by atoms with E-state index in [0.717, 1.165) is 0 Å². The van der Waals surface area contributed by atoms with Crippen LogP contribution in [0.2, 0.25) is 0 Å². The third-order valence-electron chi connectivity index (χ3n) is 2.79. The van der Waals surface area contributed by atoms with Gasteiger partial charge < -0.3 is 0 Å². The molecule has 66 valence electrons. The third kappa shape index (κ3) is 1.25. The molecule has 0 amide bonds. The molecule has 0 bridgehead atoms. The summed E-state index contributed by atoms with van der Waals surface area (Å²) in [6.07, 6.45) is -3.27. The van der Waals surface area contributed by atoms with Crippen LogP contribution in [0.4, 0.5) is 13.2 Å². The summed E-state index contributed by atoms with van der Waals surface area (Å²) >= 11 is 0. The zero-order valence-corrected chi connectivity index (χ0v) is 6.78. The van der Waals surface area contributed by atoms with Crippen LogP contribution in [-0.4, -0.2) is 12.6 Å². The quantitative estimate of drug-likeness (QED) is 0.591. The van der Waals surface area contributed by atoms with Crippen LogP contribution in [0.5, 0.6) is 0 Å². The van der Waals surface area contributed by atoms with E-state index in [1.54, 1.807) is 13.8 Å². The van der Waals surface area contributed by atoms with Crippen LogP contribution >= 0.6 is 0 Å². The first-order chi connectivity index (χ1) is 4.99. The van der Waals surface area contributed by atoms with Gasteiger partial charge in [0.25, 0.3) is 0 Å². The first-order valence-electron chi connectivity index (χ1n) is 3.91. The number of alkyl halides is 3. The van der Waals surface area contributed by atoms with Crippen molar-refractivity contribution in [1.82, 2.24) is 0 Å². The van der Waals surface area contributed by atoms with Crippen LogP contribution in [0, 0.1) is 11.3 Å². The largest absolute Gasteiger partial charge is 0.247 e. The van der Waals surface area contributed by atoms with E-state index in [1.807, 2.05) is 0 Å². The number of hydrogen-bond acceptors (Lipinski definition) is 0. The van der Waals surface area contributed by atoms with Crippen molar-refractivity contribution >= 4 is 0 Å². The standard InChI is InChI=1S/C8H13F3/c1-5(2)8(7(10)11)3-6(9)4-8/h5-7H,3-4H2,1-2H3. The van der Waals surface area contributed by atoms with Crippen molar-refractivity contribution in [3.8, 4) is 0 Å². The molecule has 0 spiro atoms. The molecule has 1 fully saturated rings. The fourth-order valence-electron chi connectivity index (χ4n) is 1.67. The summed E-state index contributed by atoms with van der Waals surface area (Å²) in [6, 6.07) is 0. The topological polar surface area (TPSA) is 0 Å². The Bertz CT molecular complexity index is 126. The molecule has 11 heavy (non-hydrogen) atoms. The molecule has 0 aromatic rings. The Morgan fingerprint density at radius 3 is 1.82 bits per heavy atom. The molecule has 0 aromatic carbocycles. The van der Waals surface area contributed by atoms with Crippen molar-refractivity contribution in [2.24, 2.45) is 11.3 Å². The third-order valence-corrected chi connectivity index (χ3v) is 2.79. The van der Waals surface area contributed by atoms with Gasteiger partial charge in [-0.3, -0.25) is 0 Å². The molecular formula is C8H13F3. The highest BCUT2D eigenvalue weighted by Gasteiger charge is 2.53. The average molecular weight is 166 g/mol. The Morgan fingerprint density at radius 1 is 1.27 bits per heavy atom. The zero-order chi connectivity index (χ0) is 8.65. The lowest BCUT2D eigenvalue weighted by Gasteiger charge is -2.46. The van der Waals surface area contributed by atoms with E-state index in [0.29, 0.717) is 0 Å². The summed E-state index contributed by atoms with van der Waals surface area (Å²) in [7, 11) is 0. The molecule has 0 saturated heterocycles. The lowest BCUT2D eigenvalue weighted by atomic mass is 9.61. The summed E-state index contributed by atoms with van der Waals surface area (Å²) in [5.74, 6) is -0.116. The van der Waals surface area contributed by atoms with E-state index in [9.17, 15) is 13.2 Å². The maximum Gasteiger partial charge on any atom is 0.244 e. The molecule has 0 heterocycles. The van der Waals surface area contributed by atoms with Crippen LogP contribution in [0.25, 0.3) is 0 Å². The van der Waals surface area contributed by atoms with Gasteiger partial charge in [-0.1, -0.05) is 13.8 Å². The Labute approximate surface area is 64.8 Å². The second-order valence-electron chi connectivity index (χ2n) is 3.69. The van der Waals surface area contributed by atoms with Gasteiger partial charge in [-0.05, 0) is 18.8 Å². The van der Waals surface area contributed by atoms with Crippen molar-refractivity contribution in [2.45, 2.75) is 39.3 Å². The Morgan fingerprint density at radius 2 is 1.73 bits per heavy atom. The van der Waals surface area contributed by atoms with Crippen LogP contribution in [0.3, 0.4) is 0 Å². The van der Waals surface area contributed by atoms with E-state index >= 15 is 0 Å². The highest BCUT2D eigenvalue weighted by Crippen LogP contribution is 2.52. The van der Waals surface area contributed by atoms with Crippen molar-refractivity contribution in [3.05, 3.63) is 0 Å². The fourth-order valence-corrected chi connectivity index (χ4v) is 1.67. The molecule has 1 aliphatic rings. The molecule has 0 nitrogen and oxygen atoms in total. The molecule has 0 aromatic heterocycles. The van der Waals surface area contributed by atoms with Gasteiger partial charge in [0.1, 0.15) is 6.17 Å². The van der Waals surface area contributed by atoms with Gasteiger partial charge in [0.05, 0.1) is 0 Å². The van der Waals surface area contributed by atoms with E-state index < -0.39 is 18.0 Å². The minimum atomic E-state index is -2.37. The van der Waals surface area contributed by atoms with Crippen molar-refractivity contribution in [1.29, 1.82) is 0 Å². The monoisotopic (exact) mass is 166 g/mol. The van der Waals surface area contributed by atoms with E-state index in [4.69, 9.17) is 0 Å².